The van der Waals surface area contributed by atoms with E-state index < -0.39 is 0 Å². The van der Waals surface area contributed by atoms with Crippen LogP contribution in [0.15, 0.2) is 40.6 Å². The molecule has 12 heavy (non-hydrogen) atoms. The molecule has 0 heterocycles. The maximum absolute atomic E-state index is 5.46. The monoisotopic (exact) mass is 226 g/mol. The van der Waals surface area contributed by atoms with Gasteiger partial charge in [-0.25, -0.2) is 0 Å². The SMILES string of the molecule is C/C=C(\C)Oc1ccc(Br)cc1. The van der Waals surface area contributed by atoms with Crippen LogP contribution in [-0.2, 0) is 0 Å². The van der Waals surface area contributed by atoms with Crippen LogP contribution >= 0.6 is 15.9 Å². The fourth-order valence-electron chi connectivity index (χ4n) is 0.747. The lowest BCUT2D eigenvalue weighted by atomic mass is 10.3. The summed E-state index contributed by atoms with van der Waals surface area (Å²) in [5.74, 6) is 1.78. The number of ether oxygens (including phenoxy) is 1. The molecule has 64 valence electrons. The van der Waals surface area contributed by atoms with Crippen molar-refractivity contribution in [1.29, 1.82) is 0 Å². The van der Waals surface area contributed by atoms with Crippen molar-refractivity contribution < 1.29 is 4.74 Å². The average Bonchev–Trinajstić information content (AvgIpc) is 2.09. The summed E-state index contributed by atoms with van der Waals surface area (Å²) in [5.41, 5.74) is 0. The van der Waals surface area contributed by atoms with Crippen LogP contribution < -0.4 is 4.74 Å². The third kappa shape index (κ3) is 2.70. The second-order valence-electron chi connectivity index (χ2n) is 2.46. The third-order valence-corrected chi connectivity index (χ3v) is 2.03. The number of halogens is 1. The summed E-state index contributed by atoms with van der Waals surface area (Å²) in [6.45, 7) is 3.89. The van der Waals surface area contributed by atoms with Crippen LogP contribution in [0.3, 0.4) is 0 Å². The maximum Gasteiger partial charge on any atom is 0.126 e. The zero-order valence-corrected chi connectivity index (χ0v) is 8.76. The van der Waals surface area contributed by atoms with Gasteiger partial charge in [-0.05, 0) is 44.2 Å². The number of hydrogen-bond acceptors (Lipinski definition) is 1. The highest BCUT2D eigenvalue weighted by molar-refractivity contribution is 9.10. The molecule has 0 aliphatic rings. The van der Waals surface area contributed by atoms with Gasteiger partial charge in [0.1, 0.15) is 5.75 Å². The van der Waals surface area contributed by atoms with Crippen LogP contribution in [0.4, 0.5) is 0 Å². The number of hydrogen-bond donors (Lipinski definition) is 0. The van der Waals surface area contributed by atoms with E-state index >= 15 is 0 Å². The molecule has 0 saturated heterocycles. The van der Waals surface area contributed by atoms with Crippen LogP contribution in [0, 0.1) is 0 Å². The largest absolute Gasteiger partial charge is 0.462 e. The predicted molar refractivity (Wildman–Crippen MR) is 54.2 cm³/mol. The van der Waals surface area contributed by atoms with Crippen molar-refractivity contribution in [2.24, 2.45) is 0 Å². The van der Waals surface area contributed by atoms with E-state index in [9.17, 15) is 0 Å². The molecule has 0 saturated carbocycles. The van der Waals surface area contributed by atoms with Crippen molar-refractivity contribution >= 4 is 15.9 Å². The Labute approximate surface area is 81.2 Å². The molecule has 0 amide bonds. The van der Waals surface area contributed by atoms with Gasteiger partial charge in [0.05, 0.1) is 5.76 Å². The van der Waals surface area contributed by atoms with E-state index in [-0.39, 0.29) is 0 Å². The van der Waals surface area contributed by atoms with Crippen LogP contribution in [0.2, 0.25) is 0 Å². The molecule has 0 unspecified atom stereocenters. The van der Waals surface area contributed by atoms with E-state index in [1.807, 2.05) is 44.2 Å². The van der Waals surface area contributed by atoms with Crippen LogP contribution in [0.25, 0.3) is 0 Å². The molecule has 0 bridgehead atoms. The minimum absolute atomic E-state index is 0.869. The summed E-state index contributed by atoms with van der Waals surface area (Å²) in [6.07, 6.45) is 1.93. The van der Waals surface area contributed by atoms with Crippen molar-refractivity contribution in [3.63, 3.8) is 0 Å². The van der Waals surface area contributed by atoms with Gasteiger partial charge in [0, 0.05) is 4.47 Å². The van der Waals surface area contributed by atoms with E-state index in [1.165, 1.54) is 0 Å². The molecule has 0 fully saturated rings. The molecular weight excluding hydrogens is 216 g/mol. The number of rotatable bonds is 2. The third-order valence-electron chi connectivity index (χ3n) is 1.50. The highest BCUT2D eigenvalue weighted by atomic mass is 79.9. The molecular formula is C10H11BrO. The quantitative estimate of drug-likeness (QED) is 0.699. The fraction of sp³-hybridized carbons (Fsp3) is 0.200. The van der Waals surface area contributed by atoms with E-state index in [2.05, 4.69) is 15.9 Å². The minimum Gasteiger partial charge on any atom is -0.462 e. The van der Waals surface area contributed by atoms with E-state index in [0.29, 0.717) is 0 Å². The van der Waals surface area contributed by atoms with Gasteiger partial charge >= 0.3 is 0 Å². The molecule has 0 aromatic heterocycles. The molecule has 1 aromatic carbocycles. The summed E-state index contributed by atoms with van der Waals surface area (Å²) >= 11 is 3.36. The molecule has 0 radical (unpaired) electrons. The lowest BCUT2D eigenvalue weighted by molar-refractivity contribution is 0.426. The Morgan fingerprint density at radius 3 is 2.42 bits per heavy atom. The van der Waals surface area contributed by atoms with E-state index in [1.54, 1.807) is 0 Å². The average molecular weight is 227 g/mol. The first-order valence-electron chi connectivity index (χ1n) is 3.78. The van der Waals surface area contributed by atoms with Gasteiger partial charge in [-0.1, -0.05) is 15.9 Å². The zero-order chi connectivity index (χ0) is 8.97. The molecule has 0 atom stereocenters. The van der Waals surface area contributed by atoms with Crippen LogP contribution in [0.5, 0.6) is 5.75 Å². The van der Waals surface area contributed by atoms with Crippen molar-refractivity contribution in [1.82, 2.24) is 0 Å². The molecule has 1 aromatic rings. The maximum atomic E-state index is 5.46. The Kier molecular flexibility index (Phi) is 3.35. The minimum atomic E-state index is 0.869. The van der Waals surface area contributed by atoms with E-state index in [4.69, 9.17) is 4.74 Å². The Bertz CT molecular complexity index is 274. The molecule has 0 N–H and O–H groups in total. The van der Waals surface area contributed by atoms with Gasteiger partial charge in [-0.3, -0.25) is 0 Å². The standard InChI is InChI=1S/C10H11BrO/c1-3-8(2)12-10-6-4-9(11)5-7-10/h3-7H,1-2H3/b8-3+. The van der Waals surface area contributed by atoms with Gasteiger partial charge in [0.25, 0.3) is 0 Å². The van der Waals surface area contributed by atoms with Crippen molar-refractivity contribution in [2.75, 3.05) is 0 Å². The smallest absolute Gasteiger partial charge is 0.126 e. The summed E-state index contributed by atoms with van der Waals surface area (Å²) in [6, 6.07) is 7.77. The first-order valence-corrected chi connectivity index (χ1v) is 4.58. The Morgan fingerprint density at radius 2 is 1.92 bits per heavy atom. The van der Waals surface area contributed by atoms with Gasteiger partial charge in [-0.15, -0.1) is 0 Å². The molecule has 2 heteroatoms. The second kappa shape index (κ2) is 4.31. The normalized spacial score (nSPS) is 11.4. The molecule has 1 rings (SSSR count). The van der Waals surface area contributed by atoms with E-state index in [0.717, 1.165) is 16.0 Å². The Morgan fingerprint density at radius 1 is 1.33 bits per heavy atom. The number of benzene rings is 1. The topological polar surface area (TPSA) is 9.23 Å². The number of allylic oxidation sites excluding steroid dienone is 2. The summed E-state index contributed by atoms with van der Waals surface area (Å²) in [7, 11) is 0. The first kappa shape index (κ1) is 9.33. The highest BCUT2D eigenvalue weighted by Gasteiger charge is 1.93. The fourth-order valence-corrected chi connectivity index (χ4v) is 1.01. The van der Waals surface area contributed by atoms with Crippen molar-refractivity contribution in [3.8, 4) is 5.75 Å². The Balaban J connectivity index is 2.71. The van der Waals surface area contributed by atoms with Gasteiger partial charge in [0.2, 0.25) is 0 Å². The molecule has 0 spiro atoms. The van der Waals surface area contributed by atoms with Gasteiger partial charge in [0.15, 0.2) is 0 Å². The molecule has 0 aliphatic carbocycles. The predicted octanol–water partition coefficient (Wildman–Crippen LogP) is 3.75. The summed E-state index contributed by atoms with van der Waals surface area (Å²) in [5, 5.41) is 0. The van der Waals surface area contributed by atoms with Crippen molar-refractivity contribution in [3.05, 3.63) is 40.6 Å². The van der Waals surface area contributed by atoms with Crippen LogP contribution in [-0.4, -0.2) is 0 Å². The van der Waals surface area contributed by atoms with Gasteiger partial charge in [-0.2, -0.15) is 0 Å². The Hall–Kier alpha value is -0.760. The molecule has 0 aliphatic heterocycles. The van der Waals surface area contributed by atoms with Gasteiger partial charge < -0.3 is 4.74 Å². The van der Waals surface area contributed by atoms with Crippen LogP contribution in [0.1, 0.15) is 13.8 Å². The summed E-state index contributed by atoms with van der Waals surface area (Å²) in [4.78, 5) is 0. The zero-order valence-electron chi connectivity index (χ0n) is 7.17. The second-order valence-corrected chi connectivity index (χ2v) is 3.37. The van der Waals surface area contributed by atoms with Crippen molar-refractivity contribution in [2.45, 2.75) is 13.8 Å². The summed E-state index contributed by atoms with van der Waals surface area (Å²) < 4.78 is 6.52. The molecule has 1 nitrogen and oxygen atoms in total. The highest BCUT2D eigenvalue weighted by Crippen LogP contribution is 2.17. The lowest BCUT2D eigenvalue weighted by Gasteiger charge is -2.04. The lowest BCUT2D eigenvalue weighted by Crippen LogP contribution is -1.88. The first-order chi connectivity index (χ1) is 5.72.